The van der Waals surface area contributed by atoms with E-state index in [1.807, 2.05) is 29.7 Å². The summed E-state index contributed by atoms with van der Waals surface area (Å²) < 4.78 is 0. The number of likely N-dealkylation sites (tertiary alicyclic amines) is 1. The lowest BCUT2D eigenvalue weighted by atomic mass is 10.2. The maximum atomic E-state index is 11.6. The summed E-state index contributed by atoms with van der Waals surface area (Å²) in [6.45, 7) is 5.90. The van der Waals surface area contributed by atoms with E-state index >= 15 is 0 Å². The highest BCUT2D eigenvalue weighted by atomic mass is 32.1. The zero-order valence-corrected chi connectivity index (χ0v) is 18.0. The molecule has 2 aliphatic heterocycles. The molecule has 2 fully saturated rings. The summed E-state index contributed by atoms with van der Waals surface area (Å²) in [5.41, 5.74) is 2.51. The lowest BCUT2D eigenvalue weighted by Gasteiger charge is -2.24. The van der Waals surface area contributed by atoms with E-state index in [9.17, 15) is 4.79 Å². The number of hydrogen-bond acceptors (Lipinski definition) is 6. The molecule has 2 saturated heterocycles. The molecule has 0 radical (unpaired) electrons. The predicted octanol–water partition coefficient (Wildman–Crippen LogP) is 2.72. The van der Waals surface area contributed by atoms with E-state index < -0.39 is 0 Å². The molecule has 2 aromatic heterocycles. The fourth-order valence-corrected chi connectivity index (χ4v) is 4.96. The molecule has 4 heterocycles. The van der Waals surface area contributed by atoms with Gasteiger partial charge in [0.25, 0.3) is 6.47 Å². The fraction of sp³-hybridized carbons (Fsp3) is 0.500. The Kier molecular flexibility index (Phi) is 8.80. The van der Waals surface area contributed by atoms with Crippen LogP contribution < -0.4 is 5.32 Å². The average molecular weight is 431 g/mol. The van der Waals surface area contributed by atoms with Crippen molar-refractivity contribution in [2.24, 2.45) is 0 Å². The van der Waals surface area contributed by atoms with E-state index in [-0.39, 0.29) is 18.4 Å². The van der Waals surface area contributed by atoms with Crippen LogP contribution in [0.3, 0.4) is 0 Å². The molecule has 162 valence electrons. The first-order chi connectivity index (χ1) is 14.7. The molecule has 0 saturated carbocycles. The lowest BCUT2D eigenvalue weighted by molar-refractivity contribution is -0.123. The van der Waals surface area contributed by atoms with Crippen LogP contribution in [0.25, 0.3) is 0 Å². The minimum Gasteiger partial charge on any atom is -0.483 e. The molecule has 1 atom stereocenters. The minimum atomic E-state index is -0.250. The molecule has 30 heavy (non-hydrogen) atoms. The van der Waals surface area contributed by atoms with Crippen LogP contribution in [0.2, 0.25) is 0 Å². The summed E-state index contributed by atoms with van der Waals surface area (Å²) in [5.74, 6) is 0.182. The van der Waals surface area contributed by atoms with E-state index in [4.69, 9.17) is 9.90 Å². The van der Waals surface area contributed by atoms with E-state index in [1.165, 1.54) is 36.4 Å². The highest BCUT2D eigenvalue weighted by molar-refractivity contribution is 7.10. The van der Waals surface area contributed by atoms with Crippen LogP contribution in [-0.2, 0) is 29.2 Å². The highest BCUT2D eigenvalue weighted by Crippen LogP contribution is 2.22. The van der Waals surface area contributed by atoms with E-state index in [0.717, 1.165) is 38.3 Å². The molecule has 7 nitrogen and oxygen atoms in total. The highest BCUT2D eigenvalue weighted by Gasteiger charge is 2.23. The van der Waals surface area contributed by atoms with Crippen molar-refractivity contribution in [1.29, 1.82) is 0 Å². The van der Waals surface area contributed by atoms with Gasteiger partial charge in [-0.05, 0) is 61.5 Å². The average Bonchev–Trinajstić information content (AvgIpc) is 3.48. The Balaban J connectivity index is 0.000000806. The number of carboxylic acid groups (broad SMARTS) is 1. The number of carbonyl (C=O) groups is 2. The van der Waals surface area contributed by atoms with Crippen molar-refractivity contribution in [3.8, 4) is 0 Å². The molecule has 2 aliphatic rings. The number of nitrogens with one attached hydrogen (secondary N) is 1. The zero-order valence-electron chi connectivity index (χ0n) is 17.2. The monoisotopic (exact) mass is 430 g/mol. The molecule has 0 unspecified atom stereocenters. The van der Waals surface area contributed by atoms with Gasteiger partial charge in [0.15, 0.2) is 0 Å². The number of carbonyl (C=O) groups excluding carboxylic acids is 1. The third-order valence-corrected chi connectivity index (χ3v) is 6.34. The number of aromatic nitrogens is 1. The van der Waals surface area contributed by atoms with E-state index in [1.54, 1.807) is 0 Å². The largest absolute Gasteiger partial charge is 0.483 e. The standard InChI is InChI=1S/C21H28N4OS.CH2O2/c26-21-7-6-19(23-21)14-25(13-18-5-1-2-8-22-18)15-20-11-17(16-27-20)12-24-9-3-4-10-24;2-1-3/h1-2,5,8,11,16,19H,3-4,6-7,9-10,12-15H2,(H,23,26);1H,(H,2,3)/t19-;/m0./s1. The molecule has 8 heteroatoms. The molecular weight excluding hydrogens is 400 g/mol. The van der Waals surface area contributed by atoms with Crippen LogP contribution in [0.15, 0.2) is 35.8 Å². The maximum Gasteiger partial charge on any atom is 0.290 e. The second-order valence-corrected chi connectivity index (χ2v) is 8.80. The summed E-state index contributed by atoms with van der Waals surface area (Å²) >= 11 is 1.85. The topological polar surface area (TPSA) is 85.8 Å². The number of hydrogen-bond donors (Lipinski definition) is 2. The van der Waals surface area contributed by atoms with Crippen molar-refractivity contribution in [3.05, 3.63) is 52.0 Å². The predicted molar refractivity (Wildman–Crippen MR) is 117 cm³/mol. The number of rotatable bonds is 8. The maximum absolute atomic E-state index is 11.6. The van der Waals surface area contributed by atoms with Crippen LogP contribution in [0, 0.1) is 0 Å². The molecule has 0 aliphatic carbocycles. The Morgan fingerprint density at radius 2 is 2.10 bits per heavy atom. The third-order valence-electron chi connectivity index (χ3n) is 5.37. The van der Waals surface area contributed by atoms with Crippen molar-refractivity contribution >= 4 is 23.7 Å². The quantitative estimate of drug-likeness (QED) is 0.627. The molecular formula is C22H30N4O3S. The van der Waals surface area contributed by atoms with Gasteiger partial charge < -0.3 is 10.4 Å². The van der Waals surface area contributed by atoms with E-state index in [0.29, 0.717) is 6.42 Å². The van der Waals surface area contributed by atoms with Crippen molar-refractivity contribution in [2.75, 3.05) is 19.6 Å². The molecule has 0 spiro atoms. The summed E-state index contributed by atoms with van der Waals surface area (Å²) in [4.78, 5) is 30.8. The molecule has 0 aromatic carbocycles. The number of thiophene rings is 1. The van der Waals surface area contributed by atoms with Gasteiger partial charge in [0.2, 0.25) is 5.91 Å². The van der Waals surface area contributed by atoms with Crippen molar-refractivity contribution in [1.82, 2.24) is 20.1 Å². The third kappa shape index (κ3) is 7.19. The van der Waals surface area contributed by atoms with Gasteiger partial charge in [0.1, 0.15) is 0 Å². The Morgan fingerprint density at radius 1 is 1.30 bits per heavy atom. The van der Waals surface area contributed by atoms with Crippen molar-refractivity contribution in [3.63, 3.8) is 0 Å². The second kappa shape index (κ2) is 11.8. The van der Waals surface area contributed by atoms with Crippen LogP contribution in [-0.4, -0.2) is 57.9 Å². The van der Waals surface area contributed by atoms with Gasteiger partial charge >= 0.3 is 0 Å². The molecule has 1 amide bonds. The van der Waals surface area contributed by atoms with Gasteiger partial charge in [-0.3, -0.25) is 24.4 Å². The van der Waals surface area contributed by atoms with Crippen molar-refractivity contribution < 1.29 is 14.7 Å². The van der Waals surface area contributed by atoms with Gasteiger partial charge in [0.05, 0.1) is 5.69 Å². The van der Waals surface area contributed by atoms with Crippen LogP contribution >= 0.6 is 11.3 Å². The summed E-state index contributed by atoms with van der Waals surface area (Å²) in [6.07, 6.45) is 6.11. The number of pyridine rings is 1. The first-order valence-electron chi connectivity index (χ1n) is 10.4. The summed E-state index contributed by atoms with van der Waals surface area (Å²) in [5, 5.41) is 12.3. The van der Waals surface area contributed by atoms with Gasteiger partial charge in [-0.25, -0.2) is 0 Å². The second-order valence-electron chi connectivity index (χ2n) is 7.80. The van der Waals surface area contributed by atoms with Crippen LogP contribution in [0.5, 0.6) is 0 Å². The fourth-order valence-electron chi connectivity index (χ4n) is 4.04. The first-order valence-corrected chi connectivity index (χ1v) is 11.3. The smallest absolute Gasteiger partial charge is 0.290 e. The Bertz CT molecular complexity index is 793. The van der Waals surface area contributed by atoms with Crippen LogP contribution in [0.1, 0.15) is 41.8 Å². The van der Waals surface area contributed by atoms with Crippen molar-refractivity contribution in [2.45, 2.75) is 51.4 Å². The summed E-state index contributed by atoms with van der Waals surface area (Å²) in [6, 6.07) is 8.69. The minimum absolute atomic E-state index is 0.182. The first kappa shape index (κ1) is 22.4. The van der Waals surface area contributed by atoms with Gasteiger partial charge in [0, 0.05) is 49.7 Å². The number of nitrogens with zero attached hydrogens (tertiary/aromatic N) is 3. The Labute approximate surface area is 181 Å². The normalized spacial score (nSPS) is 18.8. The lowest BCUT2D eigenvalue weighted by Crippen LogP contribution is -2.38. The Morgan fingerprint density at radius 3 is 2.77 bits per heavy atom. The Hall–Kier alpha value is -2.29. The van der Waals surface area contributed by atoms with E-state index in [2.05, 4.69) is 37.6 Å². The zero-order chi connectivity index (χ0) is 21.2. The van der Waals surface area contributed by atoms with Gasteiger partial charge in [-0.2, -0.15) is 0 Å². The van der Waals surface area contributed by atoms with Crippen LogP contribution in [0.4, 0.5) is 0 Å². The number of amides is 1. The summed E-state index contributed by atoms with van der Waals surface area (Å²) in [7, 11) is 0. The van der Waals surface area contributed by atoms with Gasteiger partial charge in [-0.15, -0.1) is 11.3 Å². The molecule has 0 bridgehead atoms. The van der Waals surface area contributed by atoms with Gasteiger partial charge in [-0.1, -0.05) is 6.07 Å². The SMILES string of the molecule is O=C1CC[C@@H](CN(Cc2ccccn2)Cc2cc(CN3CCCC3)cs2)N1.O=CO. The molecule has 4 rings (SSSR count). The molecule has 2 aromatic rings. The molecule has 2 N–H and O–H groups in total.